The van der Waals surface area contributed by atoms with Gasteiger partial charge in [-0.2, -0.15) is 0 Å². The van der Waals surface area contributed by atoms with E-state index in [1.54, 1.807) is 0 Å². The molecule has 0 unspecified atom stereocenters. The molecular weight excluding hydrogens is 346 g/mol. The third-order valence-electron chi connectivity index (χ3n) is 5.65. The van der Waals surface area contributed by atoms with Crippen LogP contribution >= 0.6 is 0 Å². The number of aromatic nitrogens is 1. The Balaban J connectivity index is 1.98. The van der Waals surface area contributed by atoms with E-state index in [0.29, 0.717) is 11.0 Å². The van der Waals surface area contributed by atoms with Crippen LogP contribution in [0.5, 0.6) is 0 Å². The number of allylic oxidation sites excluding steroid dienone is 2. The van der Waals surface area contributed by atoms with Crippen molar-refractivity contribution in [2.75, 3.05) is 5.32 Å². The van der Waals surface area contributed by atoms with Crippen molar-refractivity contribution in [1.29, 1.82) is 0 Å². The van der Waals surface area contributed by atoms with Gasteiger partial charge in [0.25, 0.3) is 0 Å². The maximum absolute atomic E-state index is 12.1. The van der Waals surface area contributed by atoms with Crippen molar-refractivity contribution >= 4 is 17.3 Å². The van der Waals surface area contributed by atoms with Crippen molar-refractivity contribution in [3.63, 3.8) is 0 Å². The second-order valence-electron chi connectivity index (χ2n) is 9.14. The van der Waals surface area contributed by atoms with Crippen molar-refractivity contribution in [1.82, 2.24) is 4.98 Å². The van der Waals surface area contributed by atoms with Gasteiger partial charge in [0.1, 0.15) is 5.82 Å². The molecule has 0 saturated carbocycles. The maximum atomic E-state index is 12.1. The highest BCUT2D eigenvalue weighted by Crippen LogP contribution is 2.39. The van der Waals surface area contributed by atoms with Crippen LogP contribution in [0.2, 0.25) is 0 Å². The van der Waals surface area contributed by atoms with E-state index in [0.717, 1.165) is 41.9 Å². The first-order valence-electron chi connectivity index (χ1n) is 9.93. The zero-order valence-electron chi connectivity index (χ0n) is 17.6. The number of nitrogens with one attached hydrogen (secondary N) is 1. The summed E-state index contributed by atoms with van der Waals surface area (Å²) in [5.41, 5.74) is 10.5. The van der Waals surface area contributed by atoms with Gasteiger partial charge in [-0.3, -0.25) is 4.79 Å². The van der Waals surface area contributed by atoms with Crippen LogP contribution in [0.25, 0.3) is 5.57 Å². The minimum atomic E-state index is -0.376. The number of pyridine rings is 1. The third kappa shape index (κ3) is 4.44. The van der Waals surface area contributed by atoms with E-state index < -0.39 is 0 Å². The Kier molecular flexibility index (Phi) is 5.33. The molecule has 1 aliphatic carbocycles. The van der Waals surface area contributed by atoms with Crippen molar-refractivity contribution in [2.24, 2.45) is 11.1 Å². The normalized spacial score (nSPS) is 16.4. The molecule has 28 heavy (non-hydrogen) atoms. The number of nitrogens with zero attached hydrogens (tertiary/aromatic N) is 1. The van der Waals surface area contributed by atoms with E-state index in [-0.39, 0.29) is 11.4 Å². The highest BCUT2D eigenvalue weighted by molar-refractivity contribution is 5.98. The Labute approximate surface area is 168 Å². The summed E-state index contributed by atoms with van der Waals surface area (Å²) in [6.07, 6.45) is 5.36. The molecule has 0 aliphatic heterocycles. The van der Waals surface area contributed by atoms with E-state index >= 15 is 0 Å². The van der Waals surface area contributed by atoms with Gasteiger partial charge in [-0.1, -0.05) is 32.1 Å². The highest BCUT2D eigenvalue weighted by atomic mass is 16.1. The minimum Gasteiger partial charge on any atom is -0.366 e. The standard InChI is InChI=1S/C24H31N3O/c1-16-7-6-8-21(26-16)27-24(4,5)18-9-10-19(22(25)28)20(15-18)17-11-13-23(2,3)14-12-17/h6-11,15H,12-14H2,1-5H3,(H2,25,28)(H,26,27). The van der Waals surface area contributed by atoms with Crippen LogP contribution in [0.4, 0.5) is 5.82 Å². The summed E-state index contributed by atoms with van der Waals surface area (Å²) in [6, 6.07) is 11.9. The number of carbonyl (C=O) groups is 1. The lowest BCUT2D eigenvalue weighted by Gasteiger charge is -2.31. The van der Waals surface area contributed by atoms with Crippen LogP contribution in [0, 0.1) is 12.3 Å². The Hall–Kier alpha value is -2.62. The number of benzene rings is 1. The first-order chi connectivity index (χ1) is 13.1. The molecule has 1 heterocycles. The predicted octanol–water partition coefficient (Wildman–Crippen LogP) is 5.43. The van der Waals surface area contributed by atoms with Crippen molar-refractivity contribution in [2.45, 2.75) is 59.4 Å². The van der Waals surface area contributed by atoms with Crippen LogP contribution in [-0.2, 0) is 5.54 Å². The molecule has 148 valence electrons. The molecule has 1 amide bonds. The topological polar surface area (TPSA) is 68.0 Å². The van der Waals surface area contributed by atoms with Crippen LogP contribution in [0.3, 0.4) is 0 Å². The molecule has 0 saturated heterocycles. The molecule has 0 atom stereocenters. The molecule has 1 aliphatic rings. The Morgan fingerprint density at radius 1 is 1.21 bits per heavy atom. The summed E-state index contributed by atoms with van der Waals surface area (Å²) in [4.78, 5) is 16.6. The minimum absolute atomic E-state index is 0.311. The zero-order chi connectivity index (χ0) is 20.5. The van der Waals surface area contributed by atoms with Crippen molar-refractivity contribution in [3.05, 3.63) is 64.9 Å². The van der Waals surface area contributed by atoms with E-state index in [1.165, 1.54) is 5.57 Å². The van der Waals surface area contributed by atoms with Crippen LogP contribution in [0.15, 0.2) is 42.5 Å². The van der Waals surface area contributed by atoms with Gasteiger partial charge in [-0.05, 0) is 86.4 Å². The number of hydrogen-bond acceptors (Lipinski definition) is 3. The Morgan fingerprint density at radius 3 is 2.57 bits per heavy atom. The lowest BCUT2D eigenvalue weighted by atomic mass is 9.76. The average Bonchev–Trinajstić information content (AvgIpc) is 2.61. The van der Waals surface area contributed by atoms with Gasteiger partial charge in [0.05, 0.1) is 5.54 Å². The number of primary amides is 1. The van der Waals surface area contributed by atoms with Gasteiger partial charge in [0.2, 0.25) is 5.91 Å². The molecule has 4 heteroatoms. The number of anilines is 1. The molecule has 3 N–H and O–H groups in total. The molecule has 3 rings (SSSR count). The second-order valence-corrected chi connectivity index (χ2v) is 9.14. The van der Waals surface area contributed by atoms with E-state index in [2.05, 4.69) is 50.1 Å². The van der Waals surface area contributed by atoms with Gasteiger partial charge >= 0.3 is 0 Å². The fourth-order valence-electron chi connectivity index (χ4n) is 3.74. The zero-order valence-corrected chi connectivity index (χ0v) is 17.6. The molecule has 0 fully saturated rings. The summed E-state index contributed by atoms with van der Waals surface area (Å²) >= 11 is 0. The molecule has 1 aromatic heterocycles. The quantitative estimate of drug-likeness (QED) is 0.730. The van der Waals surface area contributed by atoms with E-state index in [1.807, 2.05) is 37.3 Å². The molecule has 4 nitrogen and oxygen atoms in total. The SMILES string of the molecule is Cc1cccc(NC(C)(C)c2ccc(C(N)=O)c(C3=CCC(C)(C)CC3)c2)n1. The smallest absolute Gasteiger partial charge is 0.249 e. The number of amides is 1. The van der Waals surface area contributed by atoms with Crippen LogP contribution < -0.4 is 11.1 Å². The van der Waals surface area contributed by atoms with Crippen LogP contribution in [-0.4, -0.2) is 10.9 Å². The average molecular weight is 378 g/mol. The van der Waals surface area contributed by atoms with Gasteiger partial charge in [-0.15, -0.1) is 0 Å². The number of rotatable bonds is 5. The van der Waals surface area contributed by atoms with E-state index in [4.69, 9.17) is 5.73 Å². The summed E-state index contributed by atoms with van der Waals surface area (Å²) < 4.78 is 0. The Bertz CT molecular complexity index is 925. The van der Waals surface area contributed by atoms with Crippen LogP contribution in [0.1, 0.15) is 74.1 Å². The number of carbonyl (C=O) groups excluding carboxylic acids is 1. The molecule has 2 aromatic rings. The monoisotopic (exact) mass is 377 g/mol. The third-order valence-corrected chi connectivity index (χ3v) is 5.65. The molecule has 1 aromatic carbocycles. The summed E-state index contributed by atoms with van der Waals surface area (Å²) in [5, 5.41) is 3.52. The molecule has 0 spiro atoms. The largest absolute Gasteiger partial charge is 0.366 e. The maximum Gasteiger partial charge on any atom is 0.249 e. The first kappa shape index (κ1) is 20.1. The fourth-order valence-corrected chi connectivity index (χ4v) is 3.74. The molecular formula is C24H31N3O. The van der Waals surface area contributed by atoms with E-state index in [9.17, 15) is 4.79 Å². The van der Waals surface area contributed by atoms with Gasteiger partial charge in [-0.25, -0.2) is 4.98 Å². The second kappa shape index (κ2) is 7.42. The number of hydrogen-bond donors (Lipinski definition) is 2. The lowest BCUT2D eigenvalue weighted by Crippen LogP contribution is -2.29. The lowest BCUT2D eigenvalue weighted by molar-refractivity contribution is 0.1000. The van der Waals surface area contributed by atoms with Crippen molar-refractivity contribution in [3.8, 4) is 0 Å². The first-order valence-corrected chi connectivity index (χ1v) is 9.93. The predicted molar refractivity (Wildman–Crippen MR) is 116 cm³/mol. The molecule has 0 bridgehead atoms. The van der Waals surface area contributed by atoms with Crippen molar-refractivity contribution < 1.29 is 4.79 Å². The Morgan fingerprint density at radius 2 is 1.96 bits per heavy atom. The van der Waals surface area contributed by atoms with Gasteiger partial charge < -0.3 is 11.1 Å². The number of nitrogens with two attached hydrogens (primary N) is 1. The summed E-state index contributed by atoms with van der Waals surface area (Å²) in [7, 11) is 0. The van der Waals surface area contributed by atoms with Gasteiger partial charge in [0.15, 0.2) is 0 Å². The number of aryl methyl sites for hydroxylation is 1. The molecule has 0 radical (unpaired) electrons. The highest BCUT2D eigenvalue weighted by Gasteiger charge is 2.26. The fraction of sp³-hybridized carbons (Fsp3) is 0.417. The summed E-state index contributed by atoms with van der Waals surface area (Å²) in [5.74, 6) is 0.461. The van der Waals surface area contributed by atoms with Gasteiger partial charge in [0, 0.05) is 11.3 Å². The summed E-state index contributed by atoms with van der Waals surface area (Å²) in [6.45, 7) is 10.8.